The van der Waals surface area contributed by atoms with E-state index in [-0.39, 0.29) is 0 Å². The van der Waals surface area contributed by atoms with Crippen LogP contribution in [0, 0.1) is 11.6 Å². The van der Waals surface area contributed by atoms with Gasteiger partial charge < -0.3 is 5.32 Å². The van der Waals surface area contributed by atoms with E-state index in [0.717, 1.165) is 23.1 Å². The zero-order valence-electron chi connectivity index (χ0n) is 14.2. The minimum Gasteiger partial charge on any atom is -0.340 e. The van der Waals surface area contributed by atoms with Gasteiger partial charge in [0.15, 0.2) is 17.5 Å². The van der Waals surface area contributed by atoms with E-state index in [9.17, 15) is 8.78 Å². The Morgan fingerprint density at radius 1 is 1.04 bits per heavy atom. The molecule has 0 radical (unpaired) electrons. The summed E-state index contributed by atoms with van der Waals surface area (Å²) in [7, 11) is 0. The molecule has 1 N–H and O–H groups in total. The van der Waals surface area contributed by atoms with Crippen LogP contribution in [0.3, 0.4) is 0 Å². The second-order valence-electron chi connectivity index (χ2n) is 5.56. The first-order valence-electron chi connectivity index (χ1n) is 8.00. The van der Waals surface area contributed by atoms with Crippen LogP contribution in [0.4, 0.5) is 20.3 Å². The zero-order chi connectivity index (χ0) is 18.7. The Morgan fingerprint density at radius 3 is 2.54 bits per heavy atom. The number of rotatable bonds is 4. The quantitative estimate of drug-likeness (QED) is 0.548. The normalized spacial score (nSPS) is 12.1. The van der Waals surface area contributed by atoms with E-state index < -0.39 is 11.6 Å². The van der Waals surface area contributed by atoms with Gasteiger partial charge >= 0.3 is 0 Å². The Labute approximate surface area is 155 Å². The SMILES string of the molecule is C/C=C\C(=C/C)c1nc(Nc2ccc(F)c(F)c2)c2ccc(Cl)cc2n1. The third kappa shape index (κ3) is 3.73. The van der Waals surface area contributed by atoms with Crippen LogP contribution in [0.15, 0.2) is 54.6 Å². The molecule has 6 heteroatoms. The highest BCUT2D eigenvalue weighted by Crippen LogP contribution is 2.28. The highest BCUT2D eigenvalue weighted by atomic mass is 35.5. The predicted molar refractivity (Wildman–Crippen MR) is 103 cm³/mol. The highest BCUT2D eigenvalue weighted by molar-refractivity contribution is 6.31. The fraction of sp³-hybridized carbons (Fsp3) is 0.100. The van der Waals surface area contributed by atoms with Crippen molar-refractivity contribution in [1.82, 2.24) is 9.97 Å². The Bertz CT molecular complexity index is 1030. The number of benzene rings is 2. The standard InChI is InChI=1S/C20H16ClF2N3/c1-3-5-12(4-2)19-25-18-10-13(21)6-8-15(18)20(26-19)24-14-7-9-16(22)17(23)11-14/h3-11H,1-2H3,(H,24,25,26)/b5-3-,12-4+. The average molecular weight is 372 g/mol. The van der Waals surface area contributed by atoms with E-state index >= 15 is 0 Å². The molecule has 3 rings (SSSR count). The Balaban J connectivity index is 2.16. The molecule has 0 fully saturated rings. The number of hydrogen-bond acceptors (Lipinski definition) is 3. The van der Waals surface area contributed by atoms with Crippen molar-refractivity contribution < 1.29 is 8.78 Å². The maximum absolute atomic E-state index is 13.5. The van der Waals surface area contributed by atoms with E-state index in [4.69, 9.17) is 11.6 Å². The third-order valence-electron chi connectivity index (χ3n) is 3.76. The summed E-state index contributed by atoms with van der Waals surface area (Å²) in [6, 6.07) is 8.85. The van der Waals surface area contributed by atoms with Crippen LogP contribution in [0.25, 0.3) is 16.5 Å². The molecule has 3 aromatic rings. The number of nitrogens with zero attached hydrogens (tertiary/aromatic N) is 2. The van der Waals surface area contributed by atoms with Crippen molar-refractivity contribution in [2.75, 3.05) is 5.32 Å². The van der Waals surface area contributed by atoms with E-state index in [1.807, 2.05) is 32.1 Å². The van der Waals surface area contributed by atoms with Gasteiger partial charge in [0.1, 0.15) is 5.82 Å². The lowest BCUT2D eigenvalue weighted by molar-refractivity contribution is 0.509. The van der Waals surface area contributed by atoms with Crippen molar-refractivity contribution >= 4 is 39.6 Å². The van der Waals surface area contributed by atoms with Crippen molar-refractivity contribution in [1.29, 1.82) is 0 Å². The lowest BCUT2D eigenvalue weighted by Gasteiger charge is -2.12. The molecule has 0 saturated heterocycles. The molecule has 0 aliphatic rings. The van der Waals surface area contributed by atoms with E-state index in [1.165, 1.54) is 6.07 Å². The molecule has 1 heterocycles. The van der Waals surface area contributed by atoms with Crippen molar-refractivity contribution in [2.45, 2.75) is 13.8 Å². The van der Waals surface area contributed by atoms with Crippen LogP contribution in [-0.2, 0) is 0 Å². The first-order valence-corrected chi connectivity index (χ1v) is 8.38. The molecular formula is C20H16ClF2N3. The molecule has 0 bridgehead atoms. The van der Waals surface area contributed by atoms with Gasteiger partial charge in [0.2, 0.25) is 0 Å². The molecule has 0 spiro atoms. The number of nitrogens with one attached hydrogen (secondary N) is 1. The molecule has 0 saturated carbocycles. The minimum absolute atomic E-state index is 0.387. The second-order valence-corrected chi connectivity index (χ2v) is 5.99. The largest absolute Gasteiger partial charge is 0.340 e. The molecule has 2 aromatic carbocycles. The van der Waals surface area contributed by atoms with Crippen LogP contribution < -0.4 is 5.32 Å². The molecule has 0 atom stereocenters. The Kier molecular flexibility index (Phi) is 5.28. The average Bonchev–Trinajstić information content (AvgIpc) is 2.62. The minimum atomic E-state index is -0.931. The number of anilines is 2. The molecule has 1 aromatic heterocycles. The van der Waals surface area contributed by atoms with Gasteiger partial charge in [-0.3, -0.25) is 0 Å². The molecule has 132 valence electrons. The van der Waals surface area contributed by atoms with Gasteiger partial charge in [0.25, 0.3) is 0 Å². The molecule has 0 aliphatic carbocycles. The summed E-state index contributed by atoms with van der Waals surface area (Å²) in [5.74, 6) is -0.846. The summed E-state index contributed by atoms with van der Waals surface area (Å²) in [5.41, 5.74) is 1.87. The lowest BCUT2D eigenvalue weighted by atomic mass is 10.1. The summed E-state index contributed by atoms with van der Waals surface area (Å²) in [4.78, 5) is 9.14. The number of halogens is 3. The zero-order valence-corrected chi connectivity index (χ0v) is 15.0. The summed E-state index contributed by atoms with van der Waals surface area (Å²) >= 11 is 6.10. The topological polar surface area (TPSA) is 37.8 Å². The van der Waals surface area contributed by atoms with Crippen molar-refractivity contribution in [3.05, 3.63) is 77.1 Å². The van der Waals surface area contributed by atoms with Crippen molar-refractivity contribution in [3.8, 4) is 0 Å². The van der Waals surface area contributed by atoms with Gasteiger partial charge in [-0.05, 0) is 44.2 Å². The number of allylic oxidation sites excluding steroid dienone is 4. The molecule has 0 amide bonds. The maximum atomic E-state index is 13.5. The van der Waals surface area contributed by atoms with Crippen LogP contribution in [0.2, 0.25) is 5.02 Å². The molecule has 0 unspecified atom stereocenters. The van der Waals surface area contributed by atoms with Gasteiger partial charge in [-0.25, -0.2) is 18.7 Å². The molecular weight excluding hydrogens is 356 g/mol. The van der Waals surface area contributed by atoms with Crippen molar-refractivity contribution in [3.63, 3.8) is 0 Å². The van der Waals surface area contributed by atoms with Crippen LogP contribution in [-0.4, -0.2) is 9.97 Å². The number of fused-ring (bicyclic) bond motifs is 1. The fourth-order valence-electron chi connectivity index (χ4n) is 2.52. The summed E-state index contributed by atoms with van der Waals surface area (Å²) in [5, 5.41) is 4.31. The monoisotopic (exact) mass is 371 g/mol. The van der Waals surface area contributed by atoms with Crippen LogP contribution in [0.5, 0.6) is 0 Å². The molecule has 26 heavy (non-hydrogen) atoms. The third-order valence-corrected chi connectivity index (χ3v) is 3.99. The summed E-state index contributed by atoms with van der Waals surface area (Å²) in [6.07, 6.45) is 5.68. The van der Waals surface area contributed by atoms with Gasteiger partial charge in [-0.2, -0.15) is 0 Å². The van der Waals surface area contributed by atoms with E-state index in [0.29, 0.717) is 27.9 Å². The number of hydrogen-bond donors (Lipinski definition) is 1. The van der Waals surface area contributed by atoms with Crippen molar-refractivity contribution in [2.24, 2.45) is 0 Å². The summed E-state index contributed by atoms with van der Waals surface area (Å²) in [6.45, 7) is 3.80. The molecule has 3 nitrogen and oxygen atoms in total. The second kappa shape index (κ2) is 7.62. The predicted octanol–water partition coefficient (Wildman–Crippen LogP) is 6.28. The Morgan fingerprint density at radius 2 is 1.85 bits per heavy atom. The van der Waals surface area contributed by atoms with Gasteiger partial charge in [0, 0.05) is 27.7 Å². The first kappa shape index (κ1) is 18.0. The highest BCUT2D eigenvalue weighted by Gasteiger charge is 2.11. The smallest absolute Gasteiger partial charge is 0.161 e. The number of aromatic nitrogens is 2. The lowest BCUT2D eigenvalue weighted by Crippen LogP contribution is -2.02. The first-order chi connectivity index (χ1) is 12.5. The Hall–Kier alpha value is -2.79. The maximum Gasteiger partial charge on any atom is 0.161 e. The van der Waals surface area contributed by atoms with E-state index in [1.54, 1.807) is 18.2 Å². The van der Waals surface area contributed by atoms with Crippen LogP contribution in [0.1, 0.15) is 19.7 Å². The van der Waals surface area contributed by atoms with Gasteiger partial charge in [-0.15, -0.1) is 0 Å². The fourth-order valence-corrected chi connectivity index (χ4v) is 2.68. The van der Waals surface area contributed by atoms with Gasteiger partial charge in [-0.1, -0.05) is 29.8 Å². The van der Waals surface area contributed by atoms with Crippen LogP contribution >= 0.6 is 11.6 Å². The van der Waals surface area contributed by atoms with Gasteiger partial charge in [0.05, 0.1) is 5.52 Å². The summed E-state index contributed by atoms with van der Waals surface area (Å²) < 4.78 is 26.7. The van der Waals surface area contributed by atoms with E-state index in [2.05, 4.69) is 15.3 Å². The molecule has 0 aliphatic heterocycles.